The van der Waals surface area contributed by atoms with Gasteiger partial charge >= 0.3 is 0 Å². The fourth-order valence-electron chi connectivity index (χ4n) is 2.31. The van der Waals surface area contributed by atoms with E-state index < -0.39 is 0 Å². The number of nitrogens with zero attached hydrogens (tertiary/aromatic N) is 5. The zero-order valence-corrected chi connectivity index (χ0v) is 12.5. The third-order valence-corrected chi connectivity index (χ3v) is 3.44. The normalized spacial score (nSPS) is 10.7. The molecule has 0 saturated heterocycles. The highest BCUT2D eigenvalue weighted by Crippen LogP contribution is 2.13. The molecule has 116 valence electrons. The molecule has 0 aliphatic rings. The van der Waals surface area contributed by atoms with Crippen LogP contribution >= 0.6 is 0 Å². The monoisotopic (exact) mass is 316 g/mol. The van der Waals surface area contributed by atoms with Crippen molar-refractivity contribution in [2.75, 3.05) is 5.32 Å². The van der Waals surface area contributed by atoms with Crippen molar-refractivity contribution in [2.24, 2.45) is 0 Å². The highest BCUT2D eigenvalue weighted by atomic mass is 16.1. The van der Waals surface area contributed by atoms with Gasteiger partial charge in [0.25, 0.3) is 5.91 Å². The Balaban J connectivity index is 1.60. The highest BCUT2D eigenvalue weighted by Gasteiger charge is 2.10. The van der Waals surface area contributed by atoms with E-state index in [4.69, 9.17) is 0 Å². The molecule has 3 heterocycles. The first-order valence-corrected chi connectivity index (χ1v) is 7.29. The molecule has 0 fully saturated rings. The average molecular weight is 316 g/mol. The van der Waals surface area contributed by atoms with Gasteiger partial charge in [0.05, 0.1) is 22.9 Å². The Bertz CT molecular complexity index is 1010. The maximum absolute atomic E-state index is 12.4. The maximum atomic E-state index is 12.4. The van der Waals surface area contributed by atoms with Gasteiger partial charge in [0.1, 0.15) is 5.69 Å². The molecule has 1 amide bonds. The van der Waals surface area contributed by atoms with E-state index in [-0.39, 0.29) is 11.6 Å². The van der Waals surface area contributed by atoms with Gasteiger partial charge in [-0.3, -0.25) is 14.8 Å². The number of anilines is 1. The van der Waals surface area contributed by atoms with E-state index >= 15 is 0 Å². The molecular weight excluding hydrogens is 304 g/mol. The predicted molar refractivity (Wildman–Crippen MR) is 88.9 cm³/mol. The number of nitrogens with one attached hydrogen (secondary N) is 1. The Morgan fingerprint density at radius 3 is 2.71 bits per heavy atom. The lowest BCUT2D eigenvalue weighted by atomic mass is 10.3. The summed E-state index contributed by atoms with van der Waals surface area (Å²) in [6.07, 6.45) is 6.56. The largest absolute Gasteiger partial charge is 0.304 e. The van der Waals surface area contributed by atoms with Crippen LogP contribution in [0.1, 0.15) is 10.5 Å². The molecule has 0 spiro atoms. The number of carbonyl (C=O) groups is 1. The van der Waals surface area contributed by atoms with Crippen molar-refractivity contribution in [1.29, 1.82) is 0 Å². The van der Waals surface area contributed by atoms with Crippen LogP contribution in [0.2, 0.25) is 0 Å². The van der Waals surface area contributed by atoms with E-state index in [1.165, 1.54) is 6.20 Å². The van der Waals surface area contributed by atoms with Crippen LogP contribution in [0.5, 0.6) is 0 Å². The second-order valence-electron chi connectivity index (χ2n) is 5.05. The standard InChI is InChI=1S/C17H12N6O/c24-17(15-10-12(6-8-18-15)23-9-3-7-20-23)22-16-11-19-13-4-1-2-5-14(13)21-16/h1-11H,(H,21,22,24). The second-order valence-corrected chi connectivity index (χ2v) is 5.05. The van der Waals surface area contributed by atoms with Crippen molar-refractivity contribution in [3.63, 3.8) is 0 Å². The molecule has 3 aromatic heterocycles. The van der Waals surface area contributed by atoms with Gasteiger partial charge in [-0.2, -0.15) is 5.10 Å². The number of rotatable bonds is 3. The smallest absolute Gasteiger partial charge is 0.275 e. The molecule has 0 atom stereocenters. The van der Waals surface area contributed by atoms with Crippen LogP contribution < -0.4 is 5.32 Å². The summed E-state index contributed by atoms with van der Waals surface area (Å²) in [7, 11) is 0. The molecular formula is C17H12N6O. The summed E-state index contributed by atoms with van der Waals surface area (Å²) in [6, 6.07) is 12.7. The van der Waals surface area contributed by atoms with Crippen LogP contribution in [-0.4, -0.2) is 30.6 Å². The minimum absolute atomic E-state index is 0.276. The summed E-state index contributed by atoms with van der Waals surface area (Å²) in [5.41, 5.74) is 2.52. The molecule has 0 aliphatic carbocycles. The van der Waals surface area contributed by atoms with Gasteiger partial charge in [0.2, 0.25) is 0 Å². The molecule has 7 nitrogen and oxygen atoms in total. The fraction of sp³-hybridized carbons (Fsp3) is 0. The lowest BCUT2D eigenvalue weighted by molar-refractivity contribution is 0.102. The first kappa shape index (κ1) is 14.0. The van der Waals surface area contributed by atoms with Crippen molar-refractivity contribution in [3.8, 4) is 5.69 Å². The van der Waals surface area contributed by atoms with Gasteiger partial charge in [-0.05, 0) is 30.3 Å². The predicted octanol–water partition coefficient (Wildman–Crippen LogP) is 2.46. The van der Waals surface area contributed by atoms with Gasteiger partial charge < -0.3 is 5.32 Å². The molecule has 0 bridgehead atoms. The summed E-state index contributed by atoms with van der Waals surface area (Å²) in [5.74, 6) is 0.0265. The first-order chi connectivity index (χ1) is 11.8. The SMILES string of the molecule is O=C(Nc1cnc2ccccc2n1)c1cc(-n2cccn2)ccn1. The van der Waals surface area contributed by atoms with Crippen LogP contribution in [-0.2, 0) is 0 Å². The molecule has 0 aliphatic heterocycles. The molecule has 7 heteroatoms. The molecule has 1 N–H and O–H groups in total. The molecule has 4 rings (SSSR count). The van der Waals surface area contributed by atoms with E-state index in [1.807, 2.05) is 30.3 Å². The molecule has 0 radical (unpaired) electrons. The van der Waals surface area contributed by atoms with Crippen LogP contribution in [0.15, 0.2) is 67.3 Å². The summed E-state index contributed by atoms with van der Waals surface area (Å²) < 4.78 is 1.66. The van der Waals surface area contributed by atoms with E-state index in [9.17, 15) is 4.79 Å². The minimum Gasteiger partial charge on any atom is -0.304 e. The van der Waals surface area contributed by atoms with Gasteiger partial charge in [0.15, 0.2) is 5.82 Å². The van der Waals surface area contributed by atoms with E-state index in [2.05, 4.69) is 25.4 Å². The Morgan fingerprint density at radius 1 is 1.00 bits per heavy atom. The van der Waals surface area contributed by atoms with Gasteiger partial charge in [0, 0.05) is 18.6 Å². The number of aromatic nitrogens is 5. The first-order valence-electron chi connectivity index (χ1n) is 7.29. The van der Waals surface area contributed by atoms with Crippen LogP contribution in [0.4, 0.5) is 5.82 Å². The van der Waals surface area contributed by atoms with Crippen molar-refractivity contribution >= 4 is 22.8 Å². The van der Waals surface area contributed by atoms with Gasteiger partial charge in [-0.1, -0.05) is 12.1 Å². The maximum Gasteiger partial charge on any atom is 0.275 e. The summed E-state index contributed by atoms with van der Waals surface area (Å²) in [4.78, 5) is 25.2. The van der Waals surface area contributed by atoms with Crippen LogP contribution in [0, 0.1) is 0 Å². The van der Waals surface area contributed by atoms with Crippen molar-refractivity contribution in [3.05, 3.63) is 72.9 Å². The van der Waals surface area contributed by atoms with Gasteiger partial charge in [-0.15, -0.1) is 0 Å². The molecule has 0 unspecified atom stereocenters. The zero-order valence-electron chi connectivity index (χ0n) is 12.5. The number of para-hydroxylation sites is 2. The quantitative estimate of drug-likeness (QED) is 0.627. The third kappa shape index (κ3) is 2.70. The van der Waals surface area contributed by atoms with Crippen molar-refractivity contribution in [2.45, 2.75) is 0 Å². The molecule has 24 heavy (non-hydrogen) atoms. The Labute approximate surface area is 137 Å². The zero-order chi connectivity index (χ0) is 16.4. The minimum atomic E-state index is -0.353. The summed E-state index contributed by atoms with van der Waals surface area (Å²) in [5, 5.41) is 6.86. The average Bonchev–Trinajstić information content (AvgIpc) is 3.16. The number of fused-ring (bicyclic) bond motifs is 1. The Kier molecular flexibility index (Phi) is 3.43. The topological polar surface area (TPSA) is 85.6 Å². The Hall–Kier alpha value is -3.61. The number of amides is 1. The van der Waals surface area contributed by atoms with Gasteiger partial charge in [-0.25, -0.2) is 9.67 Å². The fourth-order valence-corrected chi connectivity index (χ4v) is 2.31. The van der Waals surface area contributed by atoms with E-state index in [0.29, 0.717) is 11.3 Å². The van der Waals surface area contributed by atoms with Crippen molar-refractivity contribution < 1.29 is 4.79 Å². The molecule has 4 aromatic rings. The highest BCUT2D eigenvalue weighted by molar-refractivity contribution is 6.02. The van der Waals surface area contributed by atoms with E-state index in [0.717, 1.165) is 11.2 Å². The lowest BCUT2D eigenvalue weighted by Gasteiger charge is -2.06. The number of carbonyl (C=O) groups excluding carboxylic acids is 1. The molecule has 1 aromatic carbocycles. The van der Waals surface area contributed by atoms with Crippen LogP contribution in [0.25, 0.3) is 16.7 Å². The number of pyridine rings is 1. The van der Waals surface area contributed by atoms with Crippen molar-refractivity contribution in [1.82, 2.24) is 24.7 Å². The summed E-state index contributed by atoms with van der Waals surface area (Å²) >= 11 is 0. The van der Waals surface area contributed by atoms with E-state index in [1.54, 1.807) is 35.4 Å². The summed E-state index contributed by atoms with van der Waals surface area (Å²) in [6.45, 7) is 0. The number of hydrogen-bond donors (Lipinski definition) is 1. The Morgan fingerprint density at radius 2 is 1.88 bits per heavy atom. The number of hydrogen-bond acceptors (Lipinski definition) is 5. The lowest BCUT2D eigenvalue weighted by Crippen LogP contribution is -2.15. The van der Waals surface area contributed by atoms with Crippen LogP contribution in [0.3, 0.4) is 0 Å². The number of benzene rings is 1. The second kappa shape index (κ2) is 5.88. The molecule has 0 saturated carbocycles. The third-order valence-electron chi connectivity index (χ3n) is 3.44.